The van der Waals surface area contributed by atoms with Crippen molar-refractivity contribution in [2.24, 2.45) is 0 Å². The molecule has 4 aromatic heterocycles. The lowest BCUT2D eigenvalue weighted by atomic mass is 9.75. The van der Waals surface area contributed by atoms with Gasteiger partial charge in [-0.05, 0) is 120 Å². The van der Waals surface area contributed by atoms with Crippen molar-refractivity contribution in [2.45, 2.75) is 115 Å². The molecule has 2 aliphatic heterocycles. The van der Waals surface area contributed by atoms with Gasteiger partial charge in [-0.2, -0.15) is 46.8 Å². The number of pyridine rings is 2. The number of hydrogen-bond acceptors (Lipinski definition) is 18. The number of carbonyl (C=O) groups is 3. The molecular formula is C55H48F8N12O8S2. The van der Waals surface area contributed by atoms with Crippen molar-refractivity contribution in [1.29, 1.82) is 10.5 Å². The second-order valence-corrected chi connectivity index (χ2v) is 21.4. The quantitative estimate of drug-likeness (QED) is 0.0489. The van der Waals surface area contributed by atoms with Crippen molar-refractivity contribution in [3.8, 4) is 23.9 Å². The van der Waals surface area contributed by atoms with Gasteiger partial charge in [-0.25, -0.2) is 33.5 Å². The fraction of sp³-hybridized carbons (Fsp3) is 0.400. The highest BCUT2D eigenvalue weighted by Gasteiger charge is 2.61. The molecule has 2 aromatic carbocycles. The maximum Gasteiger partial charge on any atom is 0.508 e. The first-order valence-corrected chi connectivity index (χ1v) is 27.0. The van der Waals surface area contributed by atoms with E-state index in [0.29, 0.717) is 69.3 Å². The molecule has 0 radical (unpaired) electrons. The standard InChI is InChI=1S/C30H28F4N6O5S.C25H20F4N6O3S/c1-5-22-37-23-18(24(38-22)43-9-10-44-27(42)45-28(2,3)4)11-16(13-20(23)31)40-26(46)39(25(41)29(40)7-6-8-29)17-12-19(30(32,33)34)21(14-35)36-15-17;1-2-19-32-20-15(21(33-19)38-7-6-36)8-13(10-17(20)26)35-23(39)34(22(37)24(35)4-3-5-24)14-9-16(25(27,28)29)18(11-30)31-12-14/h11-13,15H,5-10H2,1-4H3;8-10,12,36H,2-7H2,1H3. The van der Waals surface area contributed by atoms with Gasteiger partial charge in [0.2, 0.25) is 11.8 Å². The molecule has 444 valence electrons. The van der Waals surface area contributed by atoms with Crippen LogP contribution in [0.1, 0.15) is 107 Å². The lowest BCUT2D eigenvalue weighted by molar-refractivity contribution is -0.138. The minimum Gasteiger partial charge on any atom is -0.475 e. The molecule has 20 nitrogen and oxygen atoms in total. The molecule has 2 saturated carbocycles. The molecule has 4 fully saturated rings. The van der Waals surface area contributed by atoms with Gasteiger partial charge < -0.3 is 33.9 Å². The summed E-state index contributed by atoms with van der Waals surface area (Å²) in [7, 11) is 0. The number of anilines is 4. The van der Waals surface area contributed by atoms with Crippen LogP contribution in [0.3, 0.4) is 0 Å². The summed E-state index contributed by atoms with van der Waals surface area (Å²) >= 11 is 11.2. The summed E-state index contributed by atoms with van der Waals surface area (Å²) in [4.78, 5) is 68.7. The maximum absolute atomic E-state index is 15.8. The number of aromatic nitrogens is 6. The molecule has 2 amide bonds. The Hall–Kier alpha value is -8.61. The Balaban J connectivity index is 0.000000206. The molecular weight excluding hydrogens is 1170 g/mol. The molecule has 2 saturated heterocycles. The van der Waals surface area contributed by atoms with Crippen LogP contribution in [0.4, 0.5) is 62.7 Å². The van der Waals surface area contributed by atoms with Gasteiger partial charge in [-0.1, -0.05) is 13.8 Å². The zero-order valence-electron chi connectivity index (χ0n) is 45.6. The Morgan fingerprint density at radius 1 is 0.647 bits per heavy atom. The lowest BCUT2D eigenvalue weighted by Gasteiger charge is -2.43. The van der Waals surface area contributed by atoms with E-state index in [0.717, 1.165) is 34.3 Å². The molecule has 1 N–H and O–H groups in total. The molecule has 6 aromatic rings. The minimum atomic E-state index is -4.92. The Morgan fingerprint density at radius 3 is 1.40 bits per heavy atom. The number of nitriles is 2. The molecule has 0 atom stereocenters. The number of nitrogens with zero attached hydrogens (tertiary/aromatic N) is 12. The van der Waals surface area contributed by atoms with Gasteiger partial charge in [0.05, 0.1) is 52.3 Å². The summed E-state index contributed by atoms with van der Waals surface area (Å²) in [5.74, 6) is -2.07. The van der Waals surface area contributed by atoms with Crippen LogP contribution in [0.25, 0.3) is 21.8 Å². The van der Waals surface area contributed by atoms with Crippen LogP contribution in [-0.4, -0.2) is 106 Å². The van der Waals surface area contributed by atoms with Crippen molar-refractivity contribution < 1.29 is 73.6 Å². The smallest absolute Gasteiger partial charge is 0.475 e. The van der Waals surface area contributed by atoms with Crippen LogP contribution in [0.5, 0.6) is 11.8 Å². The van der Waals surface area contributed by atoms with Gasteiger partial charge in [-0.15, -0.1) is 0 Å². The largest absolute Gasteiger partial charge is 0.508 e. The maximum atomic E-state index is 15.8. The predicted octanol–water partition coefficient (Wildman–Crippen LogP) is 10.1. The summed E-state index contributed by atoms with van der Waals surface area (Å²) in [5.41, 5.74) is -7.91. The molecule has 2 aliphatic carbocycles. The number of aliphatic hydroxyl groups excluding tert-OH is 1. The molecule has 10 rings (SSSR count). The van der Waals surface area contributed by atoms with Gasteiger partial charge in [0.15, 0.2) is 33.2 Å². The van der Waals surface area contributed by atoms with Gasteiger partial charge in [0, 0.05) is 24.2 Å². The fourth-order valence-corrected chi connectivity index (χ4v) is 11.0. The Morgan fingerprint density at radius 2 is 1.06 bits per heavy atom. The second kappa shape index (κ2) is 23.1. The van der Waals surface area contributed by atoms with E-state index in [2.05, 4.69) is 29.9 Å². The third-order valence-corrected chi connectivity index (χ3v) is 14.9. The number of thiocarbonyl (C=S) groups is 2. The van der Waals surface area contributed by atoms with Crippen molar-refractivity contribution >= 4 is 97.2 Å². The van der Waals surface area contributed by atoms with E-state index in [1.54, 1.807) is 34.6 Å². The van der Waals surface area contributed by atoms with Crippen molar-refractivity contribution in [3.63, 3.8) is 0 Å². The van der Waals surface area contributed by atoms with Gasteiger partial charge in [0.1, 0.15) is 71.3 Å². The van der Waals surface area contributed by atoms with E-state index < -0.39 is 81.2 Å². The average Bonchev–Trinajstić information content (AvgIpc) is 1.61. The highest BCUT2D eigenvalue weighted by Crippen LogP contribution is 2.51. The first kappa shape index (κ1) is 61.0. The van der Waals surface area contributed by atoms with Crippen molar-refractivity contribution in [3.05, 3.63) is 94.6 Å². The minimum absolute atomic E-state index is 0.0162. The normalized spacial score (nSPS) is 16.3. The number of halogens is 8. The predicted molar refractivity (Wildman–Crippen MR) is 294 cm³/mol. The summed E-state index contributed by atoms with van der Waals surface area (Å²) in [5, 5.41) is 27.4. The van der Waals surface area contributed by atoms with E-state index in [9.17, 15) is 45.8 Å². The molecule has 4 aliphatic rings. The zero-order chi connectivity index (χ0) is 61.7. The van der Waals surface area contributed by atoms with E-state index in [4.69, 9.17) is 53.9 Å². The zero-order valence-corrected chi connectivity index (χ0v) is 47.2. The number of fused-ring (bicyclic) bond motifs is 2. The third kappa shape index (κ3) is 11.3. The van der Waals surface area contributed by atoms with Crippen molar-refractivity contribution in [2.75, 3.05) is 46.0 Å². The van der Waals surface area contributed by atoms with E-state index in [-0.39, 0.29) is 98.8 Å². The summed E-state index contributed by atoms with van der Waals surface area (Å²) in [6.07, 6.45) is -5.49. The Bertz CT molecular complexity index is 3830. The van der Waals surface area contributed by atoms with Gasteiger partial charge in [0.25, 0.3) is 11.8 Å². The molecule has 30 heteroatoms. The molecule has 85 heavy (non-hydrogen) atoms. The fourth-order valence-electron chi connectivity index (χ4n) is 10.0. The van der Waals surface area contributed by atoms with E-state index >= 15 is 8.78 Å². The first-order chi connectivity index (χ1) is 40.1. The van der Waals surface area contributed by atoms with Crippen LogP contribution in [0, 0.1) is 34.3 Å². The summed E-state index contributed by atoms with van der Waals surface area (Å²) in [6, 6.07) is 9.43. The average molecular weight is 1220 g/mol. The first-order valence-electron chi connectivity index (χ1n) is 26.2. The molecule has 0 bridgehead atoms. The highest BCUT2D eigenvalue weighted by atomic mass is 32.1. The number of alkyl halides is 6. The second-order valence-electron chi connectivity index (χ2n) is 20.7. The molecule has 0 unspecified atom stereocenters. The lowest BCUT2D eigenvalue weighted by Crippen LogP contribution is -2.55. The van der Waals surface area contributed by atoms with Crippen molar-refractivity contribution in [1.82, 2.24) is 29.9 Å². The van der Waals surface area contributed by atoms with Crippen LogP contribution < -0.4 is 29.1 Å². The number of aliphatic hydroxyl groups is 1. The topological polar surface area (TPSA) is 246 Å². The molecule has 6 heterocycles. The van der Waals surface area contributed by atoms with Crippen LogP contribution in [0.15, 0.2) is 48.8 Å². The molecule has 2 spiro atoms. The number of rotatable bonds is 13. The summed E-state index contributed by atoms with van der Waals surface area (Å²) < 4.78 is 135. The third-order valence-electron chi connectivity index (χ3n) is 14.2. The monoisotopic (exact) mass is 1220 g/mol. The number of benzene rings is 2. The van der Waals surface area contributed by atoms with Crippen LogP contribution >= 0.6 is 24.4 Å². The van der Waals surface area contributed by atoms with E-state index in [1.807, 2.05) is 0 Å². The number of amides is 2. The summed E-state index contributed by atoms with van der Waals surface area (Å²) in [6.45, 7) is 7.83. The van der Waals surface area contributed by atoms with Crippen LogP contribution in [0.2, 0.25) is 0 Å². The number of aryl methyl sites for hydroxylation is 2. The number of carbonyl (C=O) groups excluding carboxylic acids is 3. The highest BCUT2D eigenvalue weighted by molar-refractivity contribution is 7.81. The number of ether oxygens (including phenoxy) is 4. The Kier molecular flexibility index (Phi) is 16.6. The van der Waals surface area contributed by atoms with Gasteiger partial charge >= 0.3 is 18.5 Å². The number of hydrogen-bond donors (Lipinski definition) is 1. The van der Waals surface area contributed by atoms with Crippen LogP contribution in [-0.2, 0) is 44.3 Å². The van der Waals surface area contributed by atoms with E-state index in [1.165, 1.54) is 34.1 Å². The SMILES string of the molecule is CCc1nc(OCCO)c2cc(N3C(=S)N(c4cnc(C#N)c(C(F)(F)F)c4)C(=O)C34CCC4)cc(F)c2n1.CCc1nc(OCCOC(=O)OC(C)(C)C)c2cc(N3C(=S)N(c4cnc(C#N)c(C(F)(F)F)c4)C(=O)C34CCC4)cc(F)c2n1. The Labute approximate surface area is 488 Å². The van der Waals surface area contributed by atoms with Gasteiger partial charge in [-0.3, -0.25) is 19.4 Å².